The first-order valence-electron chi connectivity index (χ1n) is 11.1. The molecule has 1 aromatic rings. The molecule has 4 rings (SSSR count). The van der Waals surface area contributed by atoms with Gasteiger partial charge in [-0.2, -0.15) is 0 Å². The van der Waals surface area contributed by atoms with Gasteiger partial charge in [-0.3, -0.25) is 9.69 Å². The summed E-state index contributed by atoms with van der Waals surface area (Å²) in [5, 5.41) is 3.21. The molecule has 1 aromatic heterocycles. The van der Waals surface area contributed by atoms with Crippen LogP contribution in [0.25, 0.3) is 0 Å². The highest BCUT2D eigenvalue weighted by molar-refractivity contribution is 5.79. The zero-order valence-corrected chi connectivity index (χ0v) is 17.7. The zero-order chi connectivity index (χ0) is 19.7. The fourth-order valence-corrected chi connectivity index (χ4v) is 4.59. The summed E-state index contributed by atoms with van der Waals surface area (Å²) in [4.78, 5) is 26.8. The molecule has 3 heterocycles. The van der Waals surface area contributed by atoms with Gasteiger partial charge in [0.25, 0.3) is 0 Å². The Morgan fingerprint density at radius 3 is 2.54 bits per heavy atom. The molecule has 6 nitrogen and oxygen atoms in total. The number of aryl methyl sites for hydroxylation is 1. The van der Waals surface area contributed by atoms with Gasteiger partial charge in [0.15, 0.2) is 0 Å². The molecule has 2 aliphatic heterocycles. The van der Waals surface area contributed by atoms with Crippen molar-refractivity contribution in [2.45, 2.75) is 77.3 Å². The van der Waals surface area contributed by atoms with Gasteiger partial charge in [0.05, 0.1) is 5.92 Å². The molecule has 0 radical (unpaired) electrons. The molecular weight excluding hydrogens is 350 g/mol. The van der Waals surface area contributed by atoms with Crippen molar-refractivity contribution in [3.8, 4) is 0 Å². The standard InChI is InChI=1S/C22H35N5O/c1-15(2)20-13-21(24-16(3)23-20)26-11-8-19(9-12-26)27-10-4-5-17(14-27)22(28)25-18-6-7-18/h13,15,17-19H,4-12,14H2,1-3H3,(H,25,28)/t17-/m0/s1. The second-order valence-electron chi connectivity index (χ2n) is 9.19. The van der Waals surface area contributed by atoms with E-state index in [0.29, 0.717) is 23.9 Å². The second-order valence-corrected chi connectivity index (χ2v) is 9.19. The molecule has 1 amide bonds. The Kier molecular flexibility index (Phi) is 5.85. The number of hydrogen-bond donors (Lipinski definition) is 1. The lowest BCUT2D eigenvalue weighted by Gasteiger charge is -2.42. The van der Waals surface area contributed by atoms with Crippen LogP contribution in [0.4, 0.5) is 5.82 Å². The molecule has 0 spiro atoms. The zero-order valence-electron chi connectivity index (χ0n) is 17.7. The van der Waals surface area contributed by atoms with Crippen LogP contribution in [0.15, 0.2) is 6.07 Å². The minimum atomic E-state index is 0.186. The predicted octanol–water partition coefficient (Wildman–Crippen LogP) is 2.87. The van der Waals surface area contributed by atoms with Crippen LogP contribution >= 0.6 is 0 Å². The molecule has 1 N–H and O–H groups in total. The first-order valence-corrected chi connectivity index (χ1v) is 11.1. The van der Waals surface area contributed by atoms with Crippen LogP contribution in [-0.4, -0.2) is 59.0 Å². The van der Waals surface area contributed by atoms with Crippen molar-refractivity contribution in [1.29, 1.82) is 0 Å². The molecule has 28 heavy (non-hydrogen) atoms. The molecular formula is C22H35N5O. The van der Waals surface area contributed by atoms with Crippen molar-refractivity contribution < 1.29 is 4.79 Å². The van der Waals surface area contributed by atoms with E-state index in [1.807, 2.05) is 6.92 Å². The molecule has 1 aliphatic carbocycles. The maximum atomic E-state index is 12.5. The van der Waals surface area contributed by atoms with E-state index in [1.54, 1.807) is 0 Å². The first kappa shape index (κ1) is 19.6. The third-order valence-corrected chi connectivity index (χ3v) is 6.49. The smallest absolute Gasteiger partial charge is 0.224 e. The number of anilines is 1. The van der Waals surface area contributed by atoms with E-state index in [9.17, 15) is 4.79 Å². The van der Waals surface area contributed by atoms with Crippen LogP contribution in [-0.2, 0) is 4.79 Å². The molecule has 0 aromatic carbocycles. The lowest BCUT2D eigenvalue weighted by molar-refractivity contribution is -0.127. The molecule has 6 heteroatoms. The molecule has 0 bridgehead atoms. The summed E-state index contributed by atoms with van der Waals surface area (Å²) in [7, 11) is 0. The van der Waals surface area contributed by atoms with Crippen molar-refractivity contribution in [1.82, 2.24) is 20.2 Å². The third-order valence-electron chi connectivity index (χ3n) is 6.49. The highest BCUT2D eigenvalue weighted by Crippen LogP contribution is 2.28. The average molecular weight is 386 g/mol. The van der Waals surface area contributed by atoms with E-state index in [0.717, 1.165) is 69.2 Å². The Bertz CT molecular complexity index is 694. The molecule has 154 valence electrons. The number of rotatable bonds is 5. The maximum Gasteiger partial charge on any atom is 0.224 e. The minimum Gasteiger partial charge on any atom is -0.356 e. The Balaban J connectivity index is 1.33. The van der Waals surface area contributed by atoms with Gasteiger partial charge in [-0.05, 0) is 57.9 Å². The fourth-order valence-electron chi connectivity index (χ4n) is 4.59. The number of amides is 1. The highest BCUT2D eigenvalue weighted by Gasteiger charge is 2.34. The van der Waals surface area contributed by atoms with Gasteiger partial charge in [0.2, 0.25) is 5.91 Å². The number of nitrogens with zero attached hydrogens (tertiary/aromatic N) is 4. The van der Waals surface area contributed by atoms with Crippen LogP contribution in [0.5, 0.6) is 0 Å². The van der Waals surface area contributed by atoms with E-state index in [1.165, 1.54) is 12.8 Å². The Hall–Kier alpha value is -1.69. The summed E-state index contributed by atoms with van der Waals surface area (Å²) in [6, 6.07) is 3.23. The van der Waals surface area contributed by atoms with Crippen molar-refractivity contribution in [3.05, 3.63) is 17.6 Å². The normalized spacial score (nSPS) is 24.6. The number of carbonyl (C=O) groups is 1. The Labute approximate surface area is 169 Å². The highest BCUT2D eigenvalue weighted by atomic mass is 16.2. The SMILES string of the molecule is Cc1nc(C(C)C)cc(N2CCC(N3CCC[C@H](C(=O)NC4CC4)C3)CC2)n1. The summed E-state index contributed by atoms with van der Waals surface area (Å²) >= 11 is 0. The number of carbonyl (C=O) groups excluding carboxylic acids is 1. The molecule has 1 atom stereocenters. The van der Waals surface area contributed by atoms with Gasteiger partial charge < -0.3 is 10.2 Å². The summed E-state index contributed by atoms with van der Waals surface area (Å²) in [6.45, 7) is 10.5. The monoisotopic (exact) mass is 385 g/mol. The van der Waals surface area contributed by atoms with Crippen LogP contribution in [0.1, 0.15) is 69.8 Å². The number of hydrogen-bond acceptors (Lipinski definition) is 5. The lowest BCUT2D eigenvalue weighted by Crippen LogP contribution is -2.51. The first-order chi connectivity index (χ1) is 13.5. The van der Waals surface area contributed by atoms with E-state index in [-0.39, 0.29) is 5.92 Å². The largest absolute Gasteiger partial charge is 0.356 e. The molecule has 3 fully saturated rings. The van der Waals surface area contributed by atoms with Crippen LogP contribution in [0.2, 0.25) is 0 Å². The Morgan fingerprint density at radius 2 is 1.86 bits per heavy atom. The number of likely N-dealkylation sites (tertiary alicyclic amines) is 1. The van der Waals surface area contributed by atoms with Crippen LogP contribution in [0.3, 0.4) is 0 Å². The minimum absolute atomic E-state index is 0.186. The van der Waals surface area contributed by atoms with Gasteiger partial charge in [0.1, 0.15) is 11.6 Å². The van der Waals surface area contributed by atoms with Crippen molar-refractivity contribution in [3.63, 3.8) is 0 Å². The van der Waals surface area contributed by atoms with Gasteiger partial charge in [-0.15, -0.1) is 0 Å². The number of piperidine rings is 2. The molecule has 2 saturated heterocycles. The summed E-state index contributed by atoms with van der Waals surface area (Å²) < 4.78 is 0. The summed E-state index contributed by atoms with van der Waals surface area (Å²) in [5.74, 6) is 2.84. The van der Waals surface area contributed by atoms with E-state index in [4.69, 9.17) is 4.98 Å². The van der Waals surface area contributed by atoms with Crippen LogP contribution in [0, 0.1) is 12.8 Å². The maximum absolute atomic E-state index is 12.5. The second kappa shape index (κ2) is 8.36. The van der Waals surface area contributed by atoms with Crippen molar-refractivity contribution in [2.24, 2.45) is 5.92 Å². The predicted molar refractivity (Wildman–Crippen MR) is 112 cm³/mol. The van der Waals surface area contributed by atoms with E-state index < -0.39 is 0 Å². The van der Waals surface area contributed by atoms with E-state index >= 15 is 0 Å². The topological polar surface area (TPSA) is 61.4 Å². The number of nitrogens with one attached hydrogen (secondary N) is 1. The van der Waals surface area contributed by atoms with Gasteiger partial charge in [0, 0.05) is 43.5 Å². The number of aromatic nitrogens is 2. The summed E-state index contributed by atoms with van der Waals surface area (Å²) in [5.41, 5.74) is 1.13. The average Bonchev–Trinajstić information content (AvgIpc) is 3.51. The van der Waals surface area contributed by atoms with Crippen LogP contribution < -0.4 is 10.2 Å². The lowest BCUT2D eigenvalue weighted by atomic mass is 9.93. The Morgan fingerprint density at radius 1 is 1.11 bits per heavy atom. The third kappa shape index (κ3) is 4.65. The van der Waals surface area contributed by atoms with Gasteiger partial charge in [-0.25, -0.2) is 9.97 Å². The van der Waals surface area contributed by atoms with Crippen molar-refractivity contribution >= 4 is 11.7 Å². The molecule has 3 aliphatic rings. The van der Waals surface area contributed by atoms with Crippen molar-refractivity contribution in [2.75, 3.05) is 31.1 Å². The summed E-state index contributed by atoms with van der Waals surface area (Å²) in [6.07, 6.45) is 6.83. The quantitative estimate of drug-likeness (QED) is 0.844. The van der Waals surface area contributed by atoms with Gasteiger partial charge >= 0.3 is 0 Å². The van der Waals surface area contributed by atoms with Gasteiger partial charge in [-0.1, -0.05) is 13.8 Å². The van der Waals surface area contributed by atoms with E-state index in [2.05, 4.69) is 40.0 Å². The molecule has 0 unspecified atom stereocenters. The fraction of sp³-hybridized carbons (Fsp3) is 0.773. The molecule has 1 saturated carbocycles.